The normalized spacial score (nSPS) is 13.0. The maximum absolute atomic E-state index is 14.8. The monoisotopic (exact) mass is 1110 g/mol. The highest BCUT2D eigenvalue weighted by molar-refractivity contribution is 8.13. The first kappa shape index (κ1) is 59.2. The van der Waals surface area contributed by atoms with Crippen LogP contribution < -0.4 is 16.0 Å². The number of nitrogens with one attached hydrogen (secondary N) is 3. The number of rotatable bonds is 12. The molecule has 8 rings (SSSR count). The first-order chi connectivity index (χ1) is 36.7. The first-order valence-corrected chi connectivity index (χ1v) is 24.9. The molecule has 78 heavy (non-hydrogen) atoms. The lowest BCUT2D eigenvalue weighted by Crippen LogP contribution is -2.53. The summed E-state index contributed by atoms with van der Waals surface area (Å²) in [7, 11) is 0. The fourth-order valence-electron chi connectivity index (χ4n) is 8.39. The molecule has 0 spiro atoms. The summed E-state index contributed by atoms with van der Waals surface area (Å²) >= 11 is 6.49. The van der Waals surface area contributed by atoms with Crippen LogP contribution in [0.4, 0.5) is 43.9 Å². The fourth-order valence-corrected chi connectivity index (χ4v) is 9.10. The van der Waals surface area contributed by atoms with Gasteiger partial charge in [-0.2, -0.15) is 26.3 Å². The molecular weight excluding hydrogens is 1060 g/mol. The number of amides is 2. The Labute approximate surface area is 453 Å². The number of benzene rings is 8. The predicted molar refractivity (Wildman–Crippen MR) is 289 cm³/mol. The molecule has 0 unspecified atom stereocenters. The van der Waals surface area contributed by atoms with Crippen LogP contribution in [0.2, 0.25) is 0 Å². The van der Waals surface area contributed by atoms with Crippen molar-refractivity contribution in [3.05, 3.63) is 285 Å². The smallest absolute Gasteiger partial charge is 0.348 e. The third kappa shape index (κ3) is 15.1. The predicted octanol–water partition coefficient (Wildman–Crippen LogP) is 15.0. The van der Waals surface area contributed by atoms with Crippen LogP contribution in [0.5, 0.6) is 0 Å². The molecule has 0 aliphatic carbocycles. The number of hydrogen-bond donors (Lipinski definition) is 3. The van der Waals surface area contributed by atoms with Crippen molar-refractivity contribution in [2.75, 3.05) is 6.26 Å². The molecule has 8 aromatic carbocycles. The molecule has 8 aromatic rings. The van der Waals surface area contributed by atoms with Gasteiger partial charge >= 0.3 is 12.4 Å². The van der Waals surface area contributed by atoms with E-state index in [1.165, 1.54) is 24.3 Å². The fraction of sp³-hybridized carbons (Fsp3) is 0.133. The molecule has 6 nitrogen and oxygen atoms in total. The Morgan fingerprint density at radius 1 is 0.462 bits per heavy atom. The summed E-state index contributed by atoms with van der Waals surface area (Å²) < 4.78 is 140. The maximum atomic E-state index is 14.8. The zero-order chi connectivity index (χ0) is 55.4. The van der Waals surface area contributed by atoms with Gasteiger partial charge in [0.15, 0.2) is 10.3 Å². The van der Waals surface area contributed by atoms with Crippen LogP contribution in [0.3, 0.4) is 0 Å². The standard InChI is InChI=1S/C30H23F5N2OS.C29H21F5N2OS.CH4/c1-39-28(36-27(38)21-10-6-3-7-11-21)37-29(19-20-8-4-2-5-9-20,22-12-14-25(31)15-13-22)23-16-24(30(33,34)35)18-26(32)17-23;30-24-13-11-21(12-14-24)28(18-19-7-3-1-4-8-19,22-15-23(29(32,33)34)17-25(31)16-22)36-27(38)35-26(37)20-9-5-2-6-10-20;/h2-18H,19H2,1H3,(H,36,37,38);1-17H,18H2,(H2,35,36,37,38);1H4/t29-;28-;/m00./s1. The Balaban J connectivity index is 0.000000249. The topological polar surface area (TPSA) is 82.6 Å². The number of halogens is 10. The summed E-state index contributed by atoms with van der Waals surface area (Å²) in [6.45, 7) is 0. The summed E-state index contributed by atoms with van der Waals surface area (Å²) in [5.41, 5.74) is -3.29. The Kier molecular flexibility index (Phi) is 19.6. The van der Waals surface area contributed by atoms with Crippen molar-refractivity contribution in [3.63, 3.8) is 0 Å². The van der Waals surface area contributed by atoms with E-state index in [1.807, 2.05) is 0 Å². The van der Waals surface area contributed by atoms with E-state index in [4.69, 9.17) is 17.2 Å². The highest BCUT2D eigenvalue weighted by atomic mass is 32.2. The highest BCUT2D eigenvalue weighted by Crippen LogP contribution is 2.42. The van der Waals surface area contributed by atoms with Gasteiger partial charge in [-0.05, 0) is 137 Å². The van der Waals surface area contributed by atoms with Crippen LogP contribution in [0.15, 0.2) is 211 Å². The van der Waals surface area contributed by atoms with Gasteiger partial charge in [0.05, 0.1) is 16.7 Å². The van der Waals surface area contributed by atoms with Gasteiger partial charge < -0.3 is 10.6 Å². The molecule has 2 amide bonds. The number of amidine groups is 1. The minimum absolute atomic E-state index is 0. The third-order valence-corrected chi connectivity index (χ3v) is 12.8. The number of hydrogen-bond acceptors (Lipinski definition) is 5. The lowest BCUT2D eigenvalue weighted by molar-refractivity contribution is -0.138. The molecule has 0 heterocycles. The van der Waals surface area contributed by atoms with E-state index in [2.05, 4.69) is 16.0 Å². The van der Waals surface area contributed by atoms with Crippen LogP contribution in [0.25, 0.3) is 0 Å². The lowest BCUT2D eigenvalue weighted by Gasteiger charge is -2.38. The number of carbonyl (C=O) groups is 2. The van der Waals surface area contributed by atoms with Gasteiger partial charge in [0, 0.05) is 24.0 Å². The lowest BCUT2D eigenvalue weighted by atomic mass is 9.77. The Morgan fingerprint density at radius 2 is 0.846 bits per heavy atom. The molecule has 2 atom stereocenters. The number of thioether (sulfide) groups is 1. The zero-order valence-corrected chi connectivity index (χ0v) is 42.0. The van der Waals surface area contributed by atoms with Crippen LogP contribution >= 0.6 is 24.0 Å². The van der Waals surface area contributed by atoms with Gasteiger partial charge in [-0.15, -0.1) is 0 Å². The Morgan fingerprint density at radius 3 is 1.29 bits per heavy atom. The van der Waals surface area contributed by atoms with Crippen molar-refractivity contribution >= 4 is 46.1 Å². The summed E-state index contributed by atoms with van der Waals surface area (Å²) in [6.07, 6.45) is -8.03. The summed E-state index contributed by atoms with van der Waals surface area (Å²) in [5, 5.41) is 8.11. The summed E-state index contributed by atoms with van der Waals surface area (Å²) in [6, 6.07) is 48.7. The van der Waals surface area contributed by atoms with E-state index >= 15 is 0 Å². The second-order valence-corrected chi connectivity index (χ2v) is 18.5. The molecule has 3 N–H and O–H groups in total. The van der Waals surface area contributed by atoms with E-state index in [0.29, 0.717) is 45.5 Å². The number of carbonyl (C=O) groups excluding carboxylic acids is 2. The molecule has 0 aliphatic rings. The zero-order valence-electron chi connectivity index (χ0n) is 40.4. The van der Waals surface area contributed by atoms with Crippen LogP contribution in [-0.4, -0.2) is 28.4 Å². The van der Waals surface area contributed by atoms with E-state index in [0.717, 1.165) is 60.3 Å². The molecule has 0 aromatic heterocycles. The largest absolute Gasteiger partial charge is 0.416 e. The number of thiocarbonyl (C=S) groups is 1. The van der Waals surface area contributed by atoms with Gasteiger partial charge in [0.1, 0.15) is 28.8 Å². The van der Waals surface area contributed by atoms with Crippen molar-refractivity contribution < 1.29 is 53.5 Å². The van der Waals surface area contributed by atoms with Crippen molar-refractivity contribution in [2.24, 2.45) is 4.99 Å². The maximum Gasteiger partial charge on any atom is 0.416 e. The Hall–Kier alpha value is -8.09. The van der Waals surface area contributed by atoms with Gasteiger partial charge in [0.25, 0.3) is 11.8 Å². The van der Waals surface area contributed by atoms with Gasteiger partial charge in [-0.25, -0.2) is 22.6 Å². The van der Waals surface area contributed by atoms with Gasteiger partial charge in [-0.3, -0.25) is 14.9 Å². The van der Waals surface area contributed by atoms with Crippen LogP contribution in [-0.2, 0) is 36.3 Å². The third-order valence-electron chi connectivity index (χ3n) is 12.0. The minimum Gasteiger partial charge on any atom is -0.348 e. The molecule has 0 saturated heterocycles. The number of aliphatic imine (C=N–C) groups is 1. The molecule has 0 radical (unpaired) electrons. The van der Waals surface area contributed by atoms with Gasteiger partial charge in [0.2, 0.25) is 0 Å². The van der Waals surface area contributed by atoms with Crippen LogP contribution in [0.1, 0.15) is 72.7 Å². The quantitative estimate of drug-likeness (QED) is 0.0491. The van der Waals surface area contributed by atoms with Crippen molar-refractivity contribution in [2.45, 2.75) is 43.7 Å². The van der Waals surface area contributed by atoms with Crippen LogP contribution in [0, 0.1) is 23.3 Å². The highest BCUT2D eigenvalue weighted by Gasteiger charge is 2.41. The SMILES string of the molecule is C.CSC(=N[C@@](Cc1ccccc1)(c1ccc(F)cc1)c1cc(F)cc(C(F)(F)F)c1)NC(=O)c1ccccc1.O=C(NC(=S)N[C@@](Cc1ccccc1)(c1ccc(F)cc1)c1cc(F)cc(C(F)(F)F)c1)c1ccccc1. The molecule has 0 aliphatic heterocycles. The van der Waals surface area contributed by atoms with E-state index in [9.17, 15) is 53.5 Å². The second kappa shape index (κ2) is 25.8. The molecule has 402 valence electrons. The summed E-state index contributed by atoms with van der Waals surface area (Å²) in [5.74, 6) is -4.38. The summed E-state index contributed by atoms with van der Waals surface area (Å²) in [4.78, 5) is 30.5. The molecular formula is C60H48F10N4O2S2. The van der Waals surface area contributed by atoms with Crippen molar-refractivity contribution in [1.29, 1.82) is 0 Å². The molecule has 0 fully saturated rings. The average Bonchev–Trinajstić information content (AvgIpc) is 3.49. The Bertz CT molecular complexity index is 3330. The minimum atomic E-state index is -4.83. The van der Waals surface area contributed by atoms with Crippen molar-refractivity contribution in [1.82, 2.24) is 16.0 Å². The van der Waals surface area contributed by atoms with Crippen molar-refractivity contribution in [3.8, 4) is 0 Å². The molecule has 0 saturated carbocycles. The molecule has 0 bridgehead atoms. The first-order valence-electron chi connectivity index (χ1n) is 23.2. The number of nitrogens with zero attached hydrogens (tertiary/aromatic N) is 1. The van der Waals surface area contributed by atoms with E-state index in [1.54, 1.807) is 128 Å². The van der Waals surface area contributed by atoms with E-state index < -0.39 is 69.6 Å². The van der Waals surface area contributed by atoms with E-state index in [-0.39, 0.29) is 41.7 Å². The second-order valence-electron chi connectivity index (χ2n) is 17.3. The van der Waals surface area contributed by atoms with Gasteiger partial charge in [-0.1, -0.05) is 141 Å². The average molecular weight is 1110 g/mol. The number of alkyl halides is 6. The molecule has 18 heteroatoms.